The summed E-state index contributed by atoms with van der Waals surface area (Å²) in [5.74, 6) is 1.23. The van der Waals surface area contributed by atoms with Crippen molar-refractivity contribution < 1.29 is 4.74 Å². The van der Waals surface area contributed by atoms with Crippen molar-refractivity contribution in [1.29, 1.82) is 0 Å². The van der Waals surface area contributed by atoms with Crippen LogP contribution in [0.1, 0.15) is 25.7 Å². The lowest BCUT2D eigenvalue weighted by molar-refractivity contribution is 0.194. The highest BCUT2D eigenvalue weighted by atomic mass is 16.5. The summed E-state index contributed by atoms with van der Waals surface area (Å²) in [5.41, 5.74) is 9.41. The maximum absolute atomic E-state index is 6.23. The second kappa shape index (κ2) is 6.06. The summed E-state index contributed by atoms with van der Waals surface area (Å²) in [5, 5.41) is 0. The fourth-order valence-electron chi connectivity index (χ4n) is 3.83. The Morgan fingerprint density at radius 1 is 1.30 bits per heavy atom. The van der Waals surface area contributed by atoms with Crippen LogP contribution in [0.4, 0.5) is 0 Å². The van der Waals surface area contributed by atoms with E-state index in [9.17, 15) is 0 Å². The van der Waals surface area contributed by atoms with Gasteiger partial charge in [0.25, 0.3) is 0 Å². The van der Waals surface area contributed by atoms with Crippen LogP contribution in [0.3, 0.4) is 0 Å². The van der Waals surface area contributed by atoms with Crippen LogP contribution in [0.25, 0.3) is 0 Å². The monoisotopic (exact) mass is 312 g/mol. The fourth-order valence-corrected chi connectivity index (χ4v) is 3.83. The summed E-state index contributed by atoms with van der Waals surface area (Å²) in [6, 6.07) is 0. The second-order valence-corrected chi connectivity index (χ2v) is 6.79. The molecule has 2 aliphatic heterocycles. The van der Waals surface area contributed by atoms with Gasteiger partial charge in [-0.25, -0.2) is 9.98 Å². The van der Waals surface area contributed by atoms with E-state index < -0.39 is 6.29 Å². The maximum Gasteiger partial charge on any atom is 0.221 e. The molecule has 2 heterocycles. The number of nitrogens with two attached hydrogens (primary N) is 1. The molecule has 1 saturated heterocycles. The summed E-state index contributed by atoms with van der Waals surface area (Å²) in [4.78, 5) is 11.4. The molecule has 122 valence electrons. The Morgan fingerprint density at radius 3 is 3.04 bits per heavy atom. The van der Waals surface area contributed by atoms with Gasteiger partial charge in [-0.1, -0.05) is 24.3 Å². The fraction of sp³-hybridized carbons (Fsp3) is 0.556. The van der Waals surface area contributed by atoms with Gasteiger partial charge >= 0.3 is 0 Å². The number of allylic oxidation sites excluding steroid dienone is 5. The van der Waals surface area contributed by atoms with Gasteiger partial charge in [0.1, 0.15) is 6.10 Å². The molecule has 1 fully saturated rings. The molecule has 0 radical (unpaired) electrons. The van der Waals surface area contributed by atoms with Crippen molar-refractivity contribution in [1.82, 2.24) is 4.90 Å². The molecule has 0 aromatic rings. The average Bonchev–Trinajstić information content (AvgIpc) is 2.85. The summed E-state index contributed by atoms with van der Waals surface area (Å²) >= 11 is 0. The SMILES string of the molecule is CN1CC[C@@H](OC2=NC(N)N=C3C2=CCCC2CC=CC=C32)C1. The second-order valence-electron chi connectivity index (χ2n) is 6.79. The van der Waals surface area contributed by atoms with E-state index in [2.05, 4.69) is 46.2 Å². The zero-order valence-corrected chi connectivity index (χ0v) is 13.6. The first-order valence-electron chi connectivity index (χ1n) is 8.55. The van der Waals surface area contributed by atoms with E-state index in [4.69, 9.17) is 10.5 Å². The average molecular weight is 312 g/mol. The summed E-state index contributed by atoms with van der Waals surface area (Å²) in [6.07, 6.45) is 12.7. The van der Waals surface area contributed by atoms with Gasteiger partial charge in [0, 0.05) is 13.1 Å². The van der Waals surface area contributed by atoms with E-state index in [0.29, 0.717) is 11.8 Å². The van der Waals surface area contributed by atoms with Crippen LogP contribution in [-0.2, 0) is 4.74 Å². The third-order valence-electron chi connectivity index (χ3n) is 5.03. The van der Waals surface area contributed by atoms with Crippen LogP contribution in [0.2, 0.25) is 0 Å². The van der Waals surface area contributed by atoms with Crippen LogP contribution >= 0.6 is 0 Å². The molecule has 2 aliphatic carbocycles. The predicted octanol–water partition coefficient (Wildman–Crippen LogP) is 2.03. The minimum Gasteiger partial charge on any atom is -0.473 e. The quantitative estimate of drug-likeness (QED) is 0.806. The van der Waals surface area contributed by atoms with Gasteiger partial charge in [-0.15, -0.1) is 0 Å². The van der Waals surface area contributed by atoms with Crippen molar-refractivity contribution in [3.8, 4) is 0 Å². The van der Waals surface area contributed by atoms with E-state index in [1.54, 1.807) is 0 Å². The Hall–Kier alpha value is -1.72. The first kappa shape index (κ1) is 14.8. The highest BCUT2D eigenvalue weighted by Gasteiger charge is 2.33. The normalized spacial score (nSPS) is 33.7. The number of hydrogen-bond acceptors (Lipinski definition) is 5. The topological polar surface area (TPSA) is 63.2 Å². The van der Waals surface area contributed by atoms with Crippen molar-refractivity contribution in [3.05, 3.63) is 35.5 Å². The Balaban J connectivity index is 1.63. The summed E-state index contributed by atoms with van der Waals surface area (Å²) < 4.78 is 6.23. The van der Waals surface area contributed by atoms with Gasteiger partial charge < -0.3 is 9.64 Å². The highest BCUT2D eigenvalue weighted by molar-refractivity contribution is 6.29. The minimum absolute atomic E-state index is 0.200. The van der Waals surface area contributed by atoms with Crippen molar-refractivity contribution in [3.63, 3.8) is 0 Å². The number of likely N-dealkylation sites (tertiary alicyclic amines) is 1. The predicted molar refractivity (Wildman–Crippen MR) is 92.5 cm³/mol. The first-order valence-corrected chi connectivity index (χ1v) is 8.55. The number of rotatable bonds is 1. The maximum atomic E-state index is 6.23. The van der Waals surface area contributed by atoms with E-state index in [1.165, 1.54) is 5.57 Å². The molecule has 0 aromatic carbocycles. The molecule has 0 bridgehead atoms. The lowest BCUT2D eigenvalue weighted by Crippen LogP contribution is -2.33. The van der Waals surface area contributed by atoms with Crippen LogP contribution in [-0.4, -0.2) is 49.0 Å². The Labute approximate surface area is 137 Å². The first-order chi connectivity index (χ1) is 11.2. The Kier molecular flexibility index (Phi) is 3.91. The number of aliphatic imine (C=N–C) groups is 2. The Bertz CT molecular complexity index is 643. The van der Waals surface area contributed by atoms with Crippen molar-refractivity contribution in [2.24, 2.45) is 21.6 Å². The van der Waals surface area contributed by atoms with E-state index in [-0.39, 0.29) is 6.10 Å². The molecule has 5 heteroatoms. The van der Waals surface area contributed by atoms with Gasteiger partial charge in [-0.2, -0.15) is 0 Å². The molecule has 3 atom stereocenters. The van der Waals surface area contributed by atoms with E-state index >= 15 is 0 Å². The molecule has 5 nitrogen and oxygen atoms in total. The van der Waals surface area contributed by atoms with Crippen LogP contribution in [0.15, 0.2) is 45.4 Å². The Morgan fingerprint density at radius 2 is 2.22 bits per heavy atom. The number of likely N-dealkylation sites (N-methyl/N-ethyl adjacent to an activating group) is 1. The van der Waals surface area contributed by atoms with Gasteiger partial charge in [-0.3, -0.25) is 5.73 Å². The highest BCUT2D eigenvalue weighted by Crippen LogP contribution is 2.34. The van der Waals surface area contributed by atoms with Gasteiger partial charge in [0.2, 0.25) is 5.90 Å². The molecule has 0 saturated carbocycles. The van der Waals surface area contributed by atoms with Crippen LogP contribution in [0, 0.1) is 5.92 Å². The molecule has 23 heavy (non-hydrogen) atoms. The largest absolute Gasteiger partial charge is 0.473 e. The number of fused-ring (bicyclic) bond motifs is 3. The smallest absolute Gasteiger partial charge is 0.221 e. The number of nitrogens with zero attached hydrogens (tertiary/aromatic N) is 3. The summed E-state index contributed by atoms with van der Waals surface area (Å²) in [6.45, 7) is 2.02. The van der Waals surface area contributed by atoms with E-state index in [0.717, 1.165) is 50.1 Å². The van der Waals surface area contributed by atoms with Crippen molar-refractivity contribution in [2.75, 3.05) is 20.1 Å². The van der Waals surface area contributed by atoms with E-state index in [1.807, 2.05) is 0 Å². The molecular weight excluding hydrogens is 288 g/mol. The third-order valence-corrected chi connectivity index (χ3v) is 5.03. The summed E-state index contributed by atoms with van der Waals surface area (Å²) in [7, 11) is 2.12. The third kappa shape index (κ3) is 2.91. The molecule has 0 amide bonds. The minimum atomic E-state index is -0.554. The molecule has 2 N–H and O–H groups in total. The molecule has 0 aromatic heterocycles. The van der Waals surface area contributed by atoms with Gasteiger partial charge in [0.15, 0.2) is 6.29 Å². The van der Waals surface area contributed by atoms with Crippen LogP contribution in [0.5, 0.6) is 0 Å². The van der Waals surface area contributed by atoms with Crippen molar-refractivity contribution >= 4 is 11.6 Å². The zero-order valence-electron chi connectivity index (χ0n) is 13.6. The number of ether oxygens (including phenoxy) is 1. The lowest BCUT2D eigenvalue weighted by atomic mass is 9.85. The van der Waals surface area contributed by atoms with Crippen LogP contribution < -0.4 is 5.73 Å². The van der Waals surface area contributed by atoms with Gasteiger partial charge in [-0.05, 0) is 44.2 Å². The lowest BCUT2D eigenvalue weighted by Gasteiger charge is -2.26. The molecule has 0 spiro atoms. The molecule has 4 rings (SSSR count). The number of hydrogen-bond donors (Lipinski definition) is 1. The van der Waals surface area contributed by atoms with Crippen molar-refractivity contribution in [2.45, 2.75) is 38.1 Å². The standard InChI is InChI=1S/C18H24N4O/c1-22-10-9-13(11-22)23-17-15-8-4-6-12-5-2-3-7-14(12)16(15)20-18(19)21-17/h2-3,7-8,12-13,18H,4-6,9-11,19H2,1H3/t12?,13-,18?/m1/s1. The van der Waals surface area contributed by atoms with Gasteiger partial charge in [0.05, 0.1) is 11.3 Å². The zero-order chi connectivity index (χ0) is 15.8. The molecular formula is C18H24N4O. The molecule has 4 aliphatic rings. The molecule has 2 unspecified atom stereocenters.